The number of nitrogens with zero attached hydrogens (tertiary/aromatic N) is 1. The van der Waals surface area contributed by atoms with Crippen LogP contribution in [0.25, 0.3) is 0 Å². The van der Waals surface area contributed by atoms with Gasteiger partial charge in [0.1, 0.15) is 12.4 Å². The number of aryl methyl sites for hydroxylation is 1. The summed E-state index contributed by atoms with van der Waals surface area (Å²) in [6.45, 7) is 5.53. The molecule has 0 aromatic heterocycles. The van der Waals surface area contributed by atoms with E-state index in [0.29, 0.717) is 17.9 Å². The molecule has 1 rings (SSSR count). The maximum Gasteiger partial charge on any atom is 0.276 e. The molecule has 1 aromatic rings. The van der Waals surface area contributed by atoms with Crippen molar-refractivity contribution in [3.05, 3.63) is 46.5 Å². The van der Waals surface area contributed by atoms with Crippen molar-refractivity contribution in [3.8, 4) is 5.75 Å². The van der Waals surface area contributed by atoms with E-state index in [1.54, 1.807) is 25.1 Å². The van der Waals surface area contributed by atoms with Crippen molar-refractivity contribution >= 4 is 5.69 Å². The van der Waals surface area contributed by atoms with E-state index in [0.717, 1.165) is 0 Å². The van der Waals surface area contributed by atoms with Gasteiger partial charge in [-0.25, -0.2) is 0 Å². The van der Waals surface area contributed by atoms with E-state index >= 15 is 0 Å². The van der Waals surface area contributed by atoms with Crippen molar-refractivity contribution in [2.75, 3.05) is 6.61 Å². The summed E-state index contributed by atoms with van der Waals surface area (Å²) in [4.78, 5) is 10.2. The number of benzene rings is 1. The van der Waals surface area contributed by atoms with Crippen molar-refractivity contribution in [3.63, 3.8) is 0 Å². The molecule has 1 aromatic carbocycles. The van der Waals surface area contributed by atoms with Crippen LogP contribution >= 0.6 is 0 Å². The molecule has 0 unspecified atom stereocenters. The Bertz CT molecular complexity index is 360. The molecule has 0 amide bonds. The standard InChI is InChI=1S/C10H11NO3/c1-3-6-14-9-5-4-8(2)10(7-9)11(12)13/h3-5,7H,1,6H2,2H3. The van der Waals surface area contributed by atoms with Crippen LogP contribution < -0.4 is 4.74 Å². The first-order chi connectivity index (χ1) is 6.65. The maximum atomic E-state index is 10.6. The summed E-state index contributed by atoms with van der Waals surface area (Å²) in [7, 11) is 0. The highest BCUT2D eigenvalue weighted by atomic mass is 16.6. The van der Waals surface area contributed by atoms with Crippen LogP contribution in [-0.2, 0) is 0 Å². The molecule has 0 aliphatic heterocycles. The van der Waals surface area contributed by atoms with E-state index in [4.69, 9.17) is 4.74 Å². The van der Waals surface area contributed by atoms with Gasteiger partial charge in [-0.1, -0.05) is 12.7 Å². The third kappa shape index (κ3) is 2.32. The molecule has 74 valence electrons. The van der Waals surface area contributed by atoms with Gasteiger partial charge in [-0.3, -0.25) is 10.1 Å². The fourth-order valence-corrected chi connectivity index (χ4v) is 1.03. The third-order valence-electron chi connectivity index (χ3n) is 1.75. The minimum atomic E-state index is -0.421. The second kappa shape index (κ2) is 4.41. The van der Waals surface area contributed by atoms with E-state index in [1.807, 2.05) is 0 Å². The third-order valence-corrected chi connectivity index (χ3v) is 1.75. The number of hydrogen-bond donors (Lipinski definition) is 0. The first kappa shape index (κ1) is 10.2. The van der Waals surface area contributed by atoms with Gasteiger partial charge >= 0.3 is 0 Å². The van der Waals surface area contributed by atoms with Crippen LogP contribution in [0, 0.1) is 17.0 Å². The number of nitro groups is 1. The molecule has 0 aliphatic carbocycles. The maximum absolute atomic E-state index is 10.6. The average Bonchev–Trinajstić information content (AvgIpc) is 2.16. The van der Waals surface area contributed by atoms with Gasteiger partial charge in [0.05, 0.1) is 11.0 Å². The van der Waals surface area contributed by atoms with Crippen LogP contribution in [0.5, 0.6) is 5.75 Å². The Kier molecular flexibility index (Phi) is 3.23. The SMILES string of the molecule is C=CCOc1ccc(C)c([N+](=O)[O-])c1. The number of hydrogen-bond acceptors (Lipinski definition) is 3. The topological polar surface area (TPSA) is 52.4 Å². The fraction of sp³-hybridized carbons (Fsp3) is 0.200. The van der Waals surface area contributed by atoms with Gasteiger partial charge in [0.25, 0.3) is 5.69 Å². The van der Waals surface area contributed by atoms with Gasteiger partial charge < -0.3 is 4.74 Å². The van der Waals surface area contributed by atoms with E-state index in [2.05, 4.69) is 6.58 Å². The molecule has 0 N–H and O–H groups in total. The first-order valence-corrected chi connectivity index (χ1v) is 4.14. The van der Waals surface area contributed by atoms with Crippen LogP contribution in [0.15, 0.2) is 30.9 Å². The summed E-state index contributed by atoms with van der Waals surface area (Å²) in [5.41, 5.74) is 0.701. The lowest BCUT2D eigenvalue weighted by Gasteiger charge is -2.03. The fourth-order valence-electron chi connectivity index (χ4n) is 1.03. The Morgan fingerprint density at radius 2 is 2.36 bits per heavy atom. The normalized spacial score (nSPS) is 9.50. The summed E-state index contributed by atoms with van der Waals surface area (Å²) in [5, 5.41) is 10.6. The highest BCUT2D eigenvalue weighted by Crippen LogP contribution is 2.23. The van der Waals surface area contributed by atoms with Crippen LogP contribution in [0.2, 0.25) is 0 Å². The highest BCUT2D eigenvalue weighted by molar-refractivity contribution is 5.45. The first-order valence-electron chi connectivity index (χ1n) is 4.14. The molecule has 0 saturated heterocycles. The number of rotatable bonds is 4. The van der Waals surface area contributed by atoms with Gasteiger partial charge in [-0.05, 0) is 19.1 Å². The molecular formula is C10H11NO3. The Morgan fingerprint density at radius 3 is 2.93 bits per heavy atom. The van der Waals surface area contributed by atoms with Gasteiger partial charge in [0.2, 0.25) is 0 Å². The van der Waals surface area contributed by atoms with E-state index < -0.39 is 4.92 Å². The molecule has 0 heterocycles. The van der Waals surface area contributed by atoms with E-state index in [-0.39, 0.29) is 5.69 Å². The van der Waals surface area contributed by atoms with Crippen LogP contribution in [0.1, 0.15) is 5.56 Å². The molecule has 0 aliphatic rings. The smallest absolute Gasteiger partial charge is 0.276 e. The molecule has 4 heteroatoms. The Hall–Kier alpha value is -1.84. The molecule has 0 atom stereocenters. The molecule has 0 radical (unpaired) electrons. The summed E-state index contributed by atoms with van der Waals surface area (Å²) in [6.07, 6.45) is 1.59. The summed E-state index contributed by atoms with van der Waals surface area (Å²) < 4.78 is 5.18. The average molecular weight is 193 g/mol. The largest absolute Gasteiger partial charge is 0.489 e. The highest BCUT2D eigenvalue weighted by Gasteiger charge is 2.10. The summed E-state index contributed by atoms with van der Waals surface area (Å²) in [5.74, 6) is 0.488. The quantitative estimate of drug-likeness (QED) is 0.419. The lowest BCUT2D eigenvalue weighted by Crippen LogP contribution is -1.96. The van der Waals surface area contributed by atoms with E-state index in [1.165, 1.54) is 6.07 Å². The molecule has 0 spiro atoms. The summed E-state index contributed by atoms with van der Waals surface area (Å²) in [6, 6.07) is 4.78. The van der Waals surface area contributed by atoms with Crippen molar-refractivity contribution < 1.29 is 9.66 Å². The van der Waals surface area contributed by atoms with Gasteiger partial charge in [0, 0.05) is 5.56 Å². The summed E-state index contributed by atoms with van der Waals surface area (Å²) >= 11 is 0. The van der Waals surface area contributed by atoms with Crippen molar-refractivity contribution in [1.82, 2.24) is 0 Å². The van der Waals surface area contributed by atoms with Crippen molar-refractivity contribution in [2.45, 2.75) is 6.92 Å². The lowest BCUT2D eigenvalue weighted by molar-refractivity contribution is -0.385. The Labute approximate surface area is 82.0 Å². The predicted molar refractivity (Wildman–Crippen MR) is 53.5 cm³/mol. The monoisotopic (exact) mass is 193 g/mol. The molecule has 0 fully saturated rings. The van der Waals surface area contributed by atoms with Crippen LogP contribution in [0.4, 0.5) is 5.69 Å². The predicted octanol–water partition coefficient (Wildman–Crippen LogP) is 2.47. The Morgan fingerprint density at radius 1 is 1.64 bits per heavy atom. The molecule has 4 nitrogen and oxygen atoms in total. The van der Waals surface area contributed by atoms with Gasteiger partial charge in [-0.15, -0.1) is 0 Å². The number of ether oxygens (including phenoxy) is 1. The molecule has 14 heavy (non-hydrogen) atoms. The van der Waals surface area contributed by atoms with Crippen molar-refractivity contribution in [1.29, 1.82) is 0 Å². The van der Waals surface area contributed by atoms with Gasteiger partial charge in [-0.2, -0.15) is 0 Å². The molecule has 0 bridgehead atoms. The van der Waals surface area contributed by atoms with Gasteiger partial charge in [0.15, 0.2) is 0 Å². The van der Waals surface area contributed by atoms with Crippen LogP contribution in [0.3, 0.4) is 0 Å². The minimum absolute atomic E-state index is 0.0755. The minimum Gasteiger partial charge on any atom is -0.489 e. The lowest BCUT2D eigenvalue weighted by atomic mass is 10.2. The van der Waals surface area contributed by atoms with E-state index in [9.17, 15) is 10.1 Å². The number of nitro benzene ring substituents is 1. The second-order valence-electron chi connectivity index (χ2n) is 2.81. The zero-order valence-corrected chi connectivity index (χ0v) is 7.90. The Balaban J connectivity index is 2.94. The van der Waals surface area contributed by atoms with Crippen LogP contribution in [-0.4, -0.2) is 11.5 Å². The molecule has 0 saturated carbocycles. The second-order valence-corrected chi connectivity index (χ2v) is 2.81. The zero-order chi connectivity index (χ0) is 10.6. The van der Waals surface area contributed by atoms with Crippen molar-refractivity contribution in [2.24, 2.45) is 0 Å². The zero-order valence-electron chi connectivity index (χ0n) is 7.90. The molecular weight excluding hydrogens is 182 g/mol.